The Balaban J connectivity index is 1.95. The van der Waals surface area contributed by atoms with E-state index in [9.17, 15) is 4.79 Å². The summed E-state index contributed by atoms with van der Waals surface area (Å²) in [5.41, 5.74) is 0.353. The van der Waals surface area contributed by atoms with Crippen molar-refractivity contribution in [1.82, 2.24) is 0 Å². The van der Waals surface area contributed by atoms with Crippen LogP contribution >= 0.6 is 0 Å². The zero-order chi connectivity index (χ0) is 7.19. The number of carbonyl (C=O) groups excluding carboxylic acids is 1. The van der Waals surface area contributed by atoms with Crippen molar-refractivity contribution in [1.29, 1.82) is 0 Å². The van der Waals surface area contributed by atoms with E-state index >= 15 is 0 Å². The summed E-state index contributed by atoms with van der Waals surface area (Å²) in [6.45, 7) is 3.94. The molecule has 2 unspecified atom stereocenters. The predicted molar refractivity (Wildman–Crippen MR) is 36.6 cm³/mol. The molecule has 0 aromatic carbocycles. The second kappa shape index (κ2) is 1.82. The molecule has 2 fully saturated rings. The van der Waals surface area contributed by atoms with Crippen LogP contribution in [-0.4, -0.2) is 19.5 Å². The lowest BCUT2D eigenvalue weighted by Crippen LogP contribution is -2.42. The van der Waals surface area contributed by atoms with Gasteiger partial charge in [-0.2, -0.15) is 0 Å². The van der Waals surface area contributed by atoms with Gasteiger partial charge in [0.1, 0.15) is 6.29 Å². The molecule has 0 bridgehead atoms. The standard InChI is InChI=1S/C8H12O2/c1-8(4-10-5-8)7-2-6(7)3-9/h3,6-7H,2,4-5H2,1H3. The van der Waals surface area contributed by atoms with E-state index in [0.29, 0.717) is 17.3 Å². The Morgan fingerprint density at radius 1 is 1.60 bits per heavy atom. The van der Waals surface area contributed by atoms with E-state index in [1.54, 1.807) is 0 Å². The summed E-state index contributed by atoms with van der Waals surface area (Å²) in [6.07, 6.45) is 2.19. The van der Waals surface area contributed by atoms with E-state index in [0.717, 1.165) is 25.9 Å². The van der Waals surface area contributed by atoms with Crippen LogP contribution in [-0.2, 0) is 9.53 Å². The Morgan fingerprint density at radius 2 is 2.30 bits per heavy atom. The minimum atomic E-state index is 0.353. The van der Waals surface area contributed by atoms with E-state index in [2.05, 4.69) is 6.92 Å². The second-order valence-corrected chi connectivity index (χ2v) is 3.79. The topological polar surface area (TPSA) is 26.3 Å². The molecule has 1 saturated heterocycles. The third kappa shape index (κ3) is 0.717. The normalized spacial score (nSPS) is 42.1. The van der Waals surface area contributed by atoms with Gasteiger partial charge in [-0.25, -0.2) is 0 Å². The molecular weight excluding hydrogens is 128 g/mol. The molecule has 1 heterocycles. The van der Waals surface area contributed by atoms with Crippen LogP contribution in [0, 0.1) is 17.3 Å². The van der Waals surface area contributed by atoms with Gasteiger partial charge in [-0.1, -0.05) is 6.92 Å². The van der Waals surface area contributed by atoms with E-state index < -0.39 is 0 Å². The van der Waals surface area contributed by atoms with Crippen LogP contribution in [0.4, 0.5) is 0 Å². The molecule has 0 aromatic heterocycles. The number of carbonyl (C=O) groups is 1. The van der Waals surface area contributed by atoms with Crippen molar-refractivity contribution in [2.75, 3.05) is 13.2 Å². The molecule has 1 aliphatic heterocycles. The highest BCUT2D eigenvalue weighted by molar-refractivity contribution is 5.58. The van der Waals surface area contributed by atoms with Crippen molar-refractivity contribution in [3.63, 3.8) is 0 Å². The zero-order valence-corrected chi connectivity index (χ0v) is 6.17. The van der Waals surface area contributed by atoms with Crippen LogP contribution in [0.3, 0.4) is 0 Å². The van der Waals surface area contributed by atoms with Crippen molar-refractivity contribution in [2.45, 2.75) is 13.3 Å². The zero-order valence-electron chi connectivity index (χ0n) is 6.17. The lowest BCUT2D eigenvalue weighted by molar-refractivity contribution is -0.122. The molecule has 2 heteroatoms. The minimum Gasteiger partial charge on any atom is -0.380 e. The van der Waals surface area contributed by atoms with Crippen molar-refractivity contribution >= 4 is 6.29 Å². The number of hydrogen-bond donors (Lipinski definition) is 0. The lowest BCUT2D eigenvalue weighted by Gasteiger charge is -2.38. The molecule has 0 spiro atoms. The smallest absolute Gasteiger partial charge is 0.123 e. The van der Waals surface area contributed by atoms with Crippen molar-refractivity contribution < 1.29 is 9.53 Å². The molecule has 0 N–H and O–H groups in total. The SMILES string of the molecule is CC1(C2CC2C=O)COC1. The van der Waals surface area contributed by atoms with Gasteiger partial charge in [0.15, 0.2) is 0 Å². The Kier molecular flexibility index (Phi) is 1.15. The van der Waals surface area contributed by atoms with Crippen LogP contribution in [0.15, 0.2) is 0 Å². The van der Waals surface area contributed by atoms with Gasteiger partial charge < -0.3 is 9.53 Å². The first-order valence-corrected chi connectivity index (χ1v) is 3.79. The van der Waals surface area contributed by atoms with Gasteiger partial charge >= 0.3 is 0 Å². The highest BCUT2D eigenvalue weighted by Crippen LogP contribution is 2.53. The molecule has 1 aliphatic carbocycles. The maximum absolute atomic E-state index is 10.3. The fourth-order valence-electron chi connectivity index (χ4n) is 1.80. The van der Waals surface area contributed by atoms with Crippen LogP contribution in [0.5, 0.6) is 0 Å². The molecule has 1 saturated carbocycles. The maximum atomic E-state index is 10.3. The van der Waals surface area contributed by atoms with Gasteiger partial charge in [0, 0.05) is 11.3 Å². The Labute approximate surface area is 60.6 Å². The Bertz CT molecular complexity index is 161. The summed E-state index contributed by atoms with van der Waals surface area (Å²) in [7, 11) is 0. The summed E-state index contributed by atoms with van der Waals surface area (Å²) in [5, 5.41) is 0. The molecule has 2 rings (SSSR count). The van der Waals surface area contributed by atoms with Crippen molar-refractivity contribution in [3.05, 3.63) is 0 Å². The third-order valence-corrected chi connectivity index (χ3v) is 2.77. The van der Waals surface area contributed by atoms with Gasteiger partial charge in [0.25, 0.3) is 0 Å². The second-order valence-electron chi connectivity index (χ2n) is 3.79. The molecule has 56 valence electrons. The van der Waals surface area contributed by atoms with Gasteiger partial charge in [0.2, 0.25) is 0 Å². The number of ether oxygens (including phenoxy) is 1. The van der Waals surface area contributed by atoms with Crippen LogP contribution in [0.25, 0.3) is 0 Å². The quantitative estimate of drug-likeness (QED) is 0.532. The van der Waals surface area contributed by atoms with E-state index in [4.69, 9.17) is 4.74 Å². The first-order valence-electron chi connectivity index (χ1n) is 3.79. The molecule has 2 aliphatic rings. The van der Waals surface area contributed by atoms with Gasteiger partial charge in [-0.15, -0.1) is 0 Å². The highest BCUT2D eigenvalue weighted by Gasteiger charge is 2.53. The van der Waals surface area contributed by atoms with E-state index in [1.807, 2.05) is 0 Å². The van der Waals surface area contributed by atoms with Crippen molar-refractivity contribution in [2.24, 2.45) is 17.3 Å². The van der Waals surface area contributed by atoms with Gasteiger partial charge in [0.05, 0.1) is 13.2 Å². The molecule has 2 atom stereocenters. The van der Waals surface area contributed by atoms with Crippen LogP contribution in [0.1, 0.15) is 13.3 Å². The highest BCUT2D eigenvalue weighted by atomic mass is 16.5. The fourth-order valence-corrected chi connectivity index (χ4v) is 1.80. The number of hydrogen-bond acceptors (Lipinski definition) is 2. The molecule has 0 aromatic rings. The average molecular weight is 140 g/mol. The van der Waals surface area contributed by atoms with Crippen LogP contribution < -0.4 is 0 Å². The Hall–Kier alpha value is -0.370. The minimum absolute atomic E-state index is 0.353. The fraction of sp³-hybridized carbons (Fsp3) is 0.875. The number of rotatable bonds is 2. The monoisotopic (exact) mass is 140 g/mol. The van der Waals surface area contributed by atoms with E-state index in [1.165, 1.54) is 0 Å². The summed E-state index contributed by atoms with van der Waals surface area (Å²) in [5.74, 6) is 0.993. The summed E-state index contributed by atoms with van der Waals surface area (Å²) < 4.78 is 5.12. The van der Waals surface area contributed by atoms with Crippen molar-refractivity contribution in [3.8, 4) is 0 Å². The Morgan fingerprint density at radius 3 is 2.60 bits per heavy atom. The largest absolute Gasteiger partial charge is 0.380 e. The summed E-state index contributed by atoms with van der Waals surface area (Å²) in [6, 6.07) is 0. The molecular formula is C8H12O2. The summed E-state index contributed by atoms with van der Waals surface area (Å²) >= 11 is 0. The number of aldehydes is 1. The van der Waals surface area contributed by atoms with Gasteiger partial charge in [-0.3, -0.25) is 0 Å². The molecule has 2 nitrogen and oxygen atoms in total. The lowest BCUT2D eigenvalue weighted by atomic mass is 9.82. The van der Waals surface area contributed by atoms with Gasteiger partial charge in [-0.05, 0) is 12.3 Å². The third-order valence-electron chi connectivity index (χ3n) is 2.77. The molecule has 0 amide bonds. The van der Waals surface area contributed by atoms with E-state index in [-0.39, 0.29) is 0 Å². The molecule has 0 radical (unpaired) electrons. The average Bonchev–Trinajstić information content (AvgIpc) is 2.61. The maximum Gasteiger partial charge on any atom is 0.123 e. The first-order chi connectivity index (χ1) is 4.76. The predicted octanol–water partition coefficient (Wildman–Crippen LogP) is 0.858. The molecule has 10 heavy (non-hydrogen) atoms. The first kappa shape index (κ1) is 6.35. The van der Waals surface area contributed by atoms with Crippen LogP contribution in [0.2, 0.25) is 0 Å². The summed E-state index contributed by atoms with van der Waals surface area (Å²) in [4.78, 5) is 10.3.